The lowest BCUT2D eigenvalue weighted by Gasteiger charge is -2.22. The zero-order valence-corrected chi connectivity index (χ0v) is 6.40. The predicted octanol–water partition coefficient (Wildman–Crippen LogP) is 1.73. The van der Waals surface area contributed by atoms with E-state index in [0.717, 1.165) is 13.1 Å². The van der Waals surface area contributed by atoms with E-state index < -0.39 is 0 Å². The van der Waals surface area contributed by atoms with Crippen molar-refractivity contribution in [3.05, 3.63) is 24.8 Å². The van der Waals surface area contributed by atoms with Gasteiger partial charge in [-0.25, -0.2) is 0 Å². The second-order valence-corrected chi connectivity index (χ2v) is 2.80. The molecule has 0 radical (unpaired) electrons. The topological polar surface area (TPSA) is 12.0 Å². The van der Waals surface area contributed by atoms with E-state index in [-0.39, 0.29) is 0 Å². The van der Waals surface area contributed by atoms with Crippen LogP contribution >= 0.6 is 0 Å². The van der Waals surface area contributed by atoms with Crippen molar-refractivity contribution in [3.63, 3.8) is 0 Å². The summed E-state index contributed by atoms with van der Waals surface area (Å²) in [6.45, 7) is 9.94. The SMILES string of the molecule is C=CC(=C)C1CCNCC1. The summed E-state index contributed by atoms with van der Waals surface area (Å²) in [6.07, 6.45) is 4.34. The lowest BCUT2D eigenvalue weighted by atomic mass is 9.91. The molecule has 1 heterocycles. The smallest absolute Gasteiger partial charge is 0.00431 e. The van der Waals surface area contributed by atoms with Crippen molar-refractivity contribution in [1.82, 2.24) is 5.32 Å². The van der Waals surface area contributed by atoms with Crippen molar-refractivity contribution >= 4 is 0 Å². The number of rotatable bonds is 2. The minimum Gasteiger partial charge on any atom is -0.317 e. The average molecular weight is 137 g/mol. The Labute approximate surface area is 62.8 Å². The molecule has 0 saturated carbocycles. The summed E-state index contributed by atoms with van der Waals surface area (Å²) < 4.78 is 0. The number of allylic oxidation sites excluding steroid dienone is 2. The summed E-state index contributed by atoms with van der Waals surface area (Å²) in [5.74, 6) is 0.693. The molecule has 1 rings (SSSR count). The fourth-order valence-corrected chi connectivity index (χ4v) is 1.36. The molecule has 0 spiro atoms. The molecule has 1 aliphatic heterocycles. The zero-order chi connectivity index (χ0) is 7.40. The number of nitrogens with one attached hydrogen (secondary N) is 1. The summed E-state index contributed by atoms with van der Waals surface area (Å²) >= 11 is 0. The van der Waals surface area contributed by atoms with Crippen LogP contribution in [0.1, 0.15) is 12.8 Å². The van der Waals surface area contributed by atoms with Gasteiger partial charge in [-0.2, -0.15) is 0 Å². The Morgan fingerprint density at radius 1 is 1.40 bits per heavy atom. The highest BCUT2D eigenvalue weighted by Gasteiger charge is 2.13. The molecule has 0 aliphatic carbocycles. The van der Waals surface area contributed by atoms with Gasteiger partial charge >= 0.3 is 0 Å². The molecule has 0 aromatic carbocycles. The Bertz CT molecular complexity index is 132. The number of hydrogen-bond acceptors (Lipinski definition) is 1. The van der Waals surface area contributed by atoms with Crippen LogP contribution in [0.4, 0.5) is 0 Å². The van der Waals surface area contributed by atoms with E-state index in [2.05, 4.69) is 18.5 Å². The Kier molecular flexibility index (Phi) is 2.69. The largest absolute Gasteiger partial charge is 0.317 e. The molecule has 1 aliphatic rings. The molecule has 0 atom stereocenters. The first-order valence-corrected chi connectivity index (χ1v) is 3.86. The molecule has 10 heavy (non-hydrogen) atoms. The van der Waals surface area contributed by atoms with Gasteiger partial charge in [-0.15, -0.1) is 0 Å². The van der Waals surface area contributed by atoms with E-state index >= 15 is 0 Å². The zero-order valence-electron chi connectivity index (χ0n) is 6.40. The van der Waals surface area contributed by atoms with Crippen LogP contribution in [0.15, 0.2) is 24.8 Å². The first kappa shape index (κ1) is 7.55. The minimum absolute atomic E-state index is 0.693. The third-order valence-electron chi connectivity index (χ3n) is 2.13. The Balaban J connectivity index is 2.38. The first-order chi connectivity index (χ1) is 4.84. The van der Waals surface area contributed by atoms with Gasteiger partial charge in [0, 0.05) is 0 Å². The molecule has 1 saturated heterocycles. The van der Waals surface area contributed by atoms with Crippen LogP contribution in [0.2, 0.25) is 0 Å². The van der Waals surface area contributed by atoms with Gasteiger partial charge in [0.05, 0.1) is 0 Å². The van der Waals surface area contributed by atoms with Crippen LogP contribution in [0, 0.1) is 5.92 Å². The van der Waals surface area contributed by atoms with Crippen LogP contribution in [0.3, 0.4) is 0 Å². The number of hydrogen-bond donors (Lipinski definition) is 1. The normalized spacial score (nSPS) is 20.4. The lowest BCUT2D eigenvalue weighted by molar-refractivity contribution is 0.426. The van der Waals surface area contributed by atoms with Gasteiger partial charge in [-0.05, 0) is 31.8 Å². The van der Waals surface area contributed by atoms with E-state index in [9.17, 15) is 0 Å². The Morgan fingerprint density at radius 3 is 2.50 bits per heavy atom. The molecule has 0 unspecified atom stereocenters. The van der Waals surface area contributed by atoms with Gasteiger partial charge < -0.3 is 5.32 Å². The molecule has 0 amide bonds. The highest BCUT2D eigenvalue weighted by atomic mass is 14.9. The van der Waals surface area contributed by atoms with Crippen molar-refractivity contribution in [2.75, 3.05) is 13.1 Å². The van der Waals surface area contributed by atoms with Crippen molar-refractivity contribution < 1.29 is 0 Å². The highest BCUT2D eigenvalue weighted by molar-refractivity contribution is 5.15. The lowest BCUT2D eigenvalue weighted by Crippen LogP contribution is -2.28. The van der Waals surface area contributed by atoms with Gasteiger partial charge in [0.25, 0.3) is 0 Å². The monoisotopic (exact) mass is 137 g/mol. The fourth-order valence-electron chi connectivity index (χ4n) is 1.36. The summed E-state index contributed by atoms with van der Waals surface area (Å²) in [5, 5.41) is 3.32. The second kappa shape index (κ2) is 3.57. The van der Waals surface area contributed by atoms with Crippen LogP contribution < -0.4 is 5.32 Å². The third-order valence-corrected chi connectivity index (χ3v) is 2.13. The van der Waals surface area contributed by atoms with Crippen LogP contribution in [-0.4, -0.2) is 13.1 Å². The average Bonchev–Trinajstić information content (AvgIpc) is 2.05. The van der Waals surface area contributed by atoms with Crippen molar-refractivity contribution in [1.29, 1.82) is 0 Å². The quantitative estimate of drug-likeness (QED) is 0.571. The molecule has 1 fully saturated rings. The van der Waals surface area contributed by atoms with Gasteiger partial charge in [0.2, 0.25) is 0 Å². The highest BCUT2D eigenvalue weighted by Crippen LogP contribution is 2.19. The molecule has 56 valence electrons. The van der Waals surface area contributed by atoms with E-state index in [4.69, 9.17) is 0 Å². The third kappa shape index (κ3) is 1.71. The van der Waals surface area contributed by atoms with Gasteiger partial charge in [-0.1, -0.05) is 24.8 Å². The maximum Gasteiger partial charge on any atom is -0.00431 e. The van der Waals surface area contributed by atoms with E-state index in [0.29, 0.717) is 5.92 Å². The van der Waals surface area contributed by atoms with E-state index in [1.165, 1.54) is 18.4 Å². The predicted molar refractivity (Wildman–Crippen MR) is 44.9 cm³/mol. The maximum absolute atomic E-state index is 3.95. The molecule has 0 aromatic heterocycles. The van der Waals surface area contributed by atoms with Crippen molar-refractivity contribution in [2.45, 2.75) is 12.8 Å². The number of piperidine rings is 1. The Morgan fingerprint density at radius 2 is 2.00 bits per heavy atom. The summed E-state index contributed by atoms with van der Waals surface area (Å²) in [4.78, 5) is 0. The molecule has 1 heteroatoms. The summed E-state index contributed by atoms with van der Waals surface area (Å²) in [6, 6.07) is 0. The fraction of sp³-hybridized carbons (Fsp3) is 0.556. The van der Waals surface area contributed by atoms with Gasteiger partial charge in [0.15, 0.2) is 0 Å². The first-order valence-electron chi connectivity index (χ1n) is 3.86. The van der Waals surface area contributed by atoms with Crippen molar-refractivity contribution in [3.8, 4) is 0 Å². The molecule has 1 nitrogen and oxygen atoms in total. The van der Waals surface area contributed by atoms with E-state index in [1.54, 1.807) is 0 Å². The van der Waals surface area contributed by atoms with Gasteiger partial charge in [0.1, 0.15) is 0 Å². The summed E-state index contributed by atoms with van der Waals surface area (Å²) in [7, 11) is 0. The molecule has 0 bridgehead atoms. The maximum atomic E-state index is 3.95. The molecule has 0 aromatic rings. The minimum atomic E-state index is 0.693. The molecular formula is C9H15N. The van der Waals surface area contributed by atoms with E-state index in [1.807, 2.05) is 6.08 Å². The molecule has 1 N–H and O–H groups in total. The van der Waals surface area contributed by atoms with Crippen LogP contribution in [0.25, 0.3) is 0 Å². The Hall–Kier alpha value is -0.560. The van der Waals surface area contributed by atoms with Gasteiger partial charge in [-0.3, -0.25) is 0 Å². The van der Waals surface area contributed by atoms with Crippen LogP contribution in [-0.2, 0) is 0 Å². The second-order valence-electron chi connectivity index (χ2n) is 2.80. The summed E-state index contributed by atoms with van der Waals surface area (Å²) in [5.41, 5.74) is 1.21. The molecular weight excluding hydrogens is 122 g/mol. The van der Waals surface area contributed by atoms with Crippen molar-refractivity contribution in [2.24, 2.45) is 5.92 Å². The standard InChI is InChI=1S/C9H15N/c1-3-8(2)9-4-6-10-7-5-9/h3,9-10H,1-2,4-7H2. The van der Waals surface area contributed by atoms with Crippen LogP contribution in [0.5, 0.6) is 0 Å².